The Kier molecular flexibility index (Phi) is 3.67. The Labute approximate surface area is 79.0 Å². The third-order valence-corrected chi connectivity index (χ3v) is 2.44. The Balaban J connectivity index is 2.14. The molecule has 1 rings (SSSR count). The molecule has 0 atom stereocenters. The van der Waals surface area contributed by atoms with Crippen molar-refractivity contribution in [3.63, 3.8) is 0 Å². The SMILES string of the molecule is COC1(OC)CN(CCCC#N)C1. The fourth-order valence-electron chi connectivity index (χ4n) is 1.52. The van der Waals surface area contributed by atoms with E-state index in [0.717, 1.165) is 26.1 Å². The molecule has 0 aromatic rings. The van der Waals surface area contributed by atoms with Crippen LogP contribution in [0.5, 0.6) is 0 Å². The van der Waals surface area contributed by atoms with Crippen molar-refractivity contribution < 1.29 is 9.47 Å². The van der Waals surface area contributed by atoms with Crippen molar-refractivity contribution >= 4 is 0 Å². The summed E-state index contributed by atoms with van der Waals surface area (Å²) in [5.74, 6) is -0.382. The highest BCUT2D eigenvalue weighted by atomic mass is 16.7. The quantitative estimate of drug-likeness (QED) is 0.463. The van der Waals surface area contributed by atoms with Gasteiger partial charge in [-0.3, -0.25) is 4.90 Å². The van der Waals surface area contributed by atoms with E-state index >= 15 is 0 Å². The fraction of sp³-hybridized carbons (Fsp3) is 0.889. The summed E-state index contributed by atoms with van der Waals surface area (Å²) in [7, 11) is 3.33. The molecule has 0 aliphatic carbocycles. The first-order valence-electron chi connectivity index (χ1n) is 4.46. The van der Waals surface area contributed by atoms with Crippen LogP contribution in [0.4, 0.5) is 0 Å². The van der Waals surface area contributed by atoms with Crippen molar-refractivity contribution in [2.75, 3.05) is 33.9 Å². The highest BCUT2D eigenvalue weighted by Gasteiger charge is 2.43. The highest BCUT2D eigenvalue weighted by Crippen LogP contribution is 2.24. The Hall–Kier alpha value is -0.630. The molecule has 13 heavy (non-hydrogen) atoms. The first-order valence-corrected chi connectivity index (χ1v) is 4.46. The smallest absolute Gasteiger partial charge is 0.193 e. The first-order chi connectivity index (χ1) is 6.26. The number of hydrogen-bond donors (Lipinski definition) is 0. The number of hydrogen-bond acceptors (Lipinski definition) is 4. The summed E-state index contributed by atoms with van der Waals surface area (Å²) in [6.07, 6.45) is 1.56. The van der Waals surface area contributed by atoms with Gasteiger partial charge in [-0.15, -0.1) is 0 Å². The average Bonchev–Trinajstić information content (AvgIpc) is 2.10. The van der Waals surface area contributed by atoms with Crippen molar-refractivity contribution in [2.24, 2.45) is 0 Å². The van der Waals surface area contributed by atoms with Gasteiger partial charge in [0.05, 0.1) is 19.2 Å². The van der Waals surface area contributed by atoms with Gasteiger partial charge in [-0.2, -0.15) is 5.26 Å². The molecule has 1 saturated heterocycles. The molecule has 0 aromatic heterocycles. The minimum Gasteiger partial charge on any atom is -0.351 e. The van der Waals surface area contributed by atoms with Gasteiger partial charge < -0.3 is 9.47 Å². The Morgan fingerprint density at radius 1 is 1.38 bits per heavy atom. The molecule has 0 radical (unpaired) electrons. The van der Waals surface area contributed by atoms with Gasteiger partial charge in [0.25, 0.3) is 0 Å². The lowest BCUT2D eigenvalue weighted by molar-refractivity contribution is -0.275. The number of nitrogens with zero attached hydrogens (tertiary/aromatic N) is 2. The van der Waals surface area contributed by atoms with Crippen LogP contribution in [0.2, 0.25) is 0 Å². The van der Waals surface area contributed by atoms with Gasteiger partial charge in [-0.25, -0.2) is 0 Å². The zero-order valence-electron chi connectivity index (χ0n) is 8.25. The van der Waals surface area contributed by atoms with E-state index < -0.39 is 0 Å². The lowest BCUT2D eigenvalue weighted by Crippen LogP contribution is -2.63. The Bertz CT molecular complexity index is 188. The van der Waals surface area contributed by atoms with Crippen molar-refractivity contribution in [3.8, 4) is 6.07 Å². The summed E-state index contributed by atoms with van der Waals surface area (Å²) in [6, 6.07) is 2.13. The van der Waals surface area contributed by atoms with E-state index in [1.807, 2.05) is 0 Å². The van der Waals surface area contributed by atoms with Crippen LogP contribution in [-0.4, -0.2) is 44.5 Å². The van der Waals surface area contributed by atoms with E-state index in [1.54, 1.807) is 14.2 Å². The molecule has 4 nitrogen and oxygen atoms in total. The van der Waals surface area contributed by atoms with Gasteiger partial charge >= 0.3 is 0 Å². The average molecular weight is 184 g/mol. The van der Waals surface area contributed by atoms with Crippen LogP contribution in [0.1, 0.15) is 12.8 Å². The number of nitriles is 1. The molecule has 1 aliphatic heterocycles. The normalized spacial score (nSPS) is 20.7. The largest absolute Gasteiger partial charge is 0.351 e. The van der Waals surface area contributed by atoms with Crippen LogP contribution in [-0.2, 0) is 9.47 Å². The lowest BCUT2D eigenvalue weighted by Gasteiger charge is -2.47. The van der Waals surface area contributed by atoms with Gasteiger partial charge in [-0.05, 0) is 13.0 Å². The maximum absolute atomic E-state index is 8.35. The molecule has 74 valence electrons. The second-order valence-corrected chi connectivity index (χ2v) is 3.29. The second-order valence-electron chi connectivity index (χ2n) is 3.29. The van der Waals surface area contributed by atoms with Crippen LogP contribution in [0.25, 0.3) is 0 Å². The van der Waals surface area contributed by atoms with Gasteiger partial charge in [0.2, 0.25) is 0 Å². The minimum atomic E-state index is -0.382. The molecule has 0 spiro atoms. The van der Waals surface area contributed by atoms with E-state index in [9.17, 15) is 0 Å². The summed E-state index contributed by atoms with van der Waals surface area (Å²) in [5, 5.41) is 8.35. The zero-order valence-corrected chi connectivity index (χ0v) is 8.25. The van der Waals surface area contributed by atoms with Crippen LogP contribution in [0, 0.1) is 11.3 Å². The Morgan fingerprint density at radius 2 is 2.00 bits per heavy atom. The second kappa shape index (κ2) is 4.56. The fourth-order valence-corrected chi connectivity index (χ4v) is 1.52. The third-order valence-electron chi connectivity index (χ3n) is 2.44. The molecule has 1 fully saturated rings. The molecule has 0 aromatic carbocycles. The third kappa shape index (κ3) is 2.41. The van der Waals surface area contributed by atoms with Gasteiger partial charge in [0, 0.05) is 20.6 Å². The van der Waals surface area contributed by atoms with Crippen molar-refractivity contribution in [1.29, 1.82) is 5.26 Å². The zero-order chi connectivity index (χ0) is 9.73. The summed E-state index contributed by atoms with van der Waals surface area (Å²) < 4.78 is 10.5. The summed E-state index contributed by atoms with van der Waals surface area (Å²) in [4.78, 5) is 2.23. The molecule has 1 aliphatic rings. The predicted molar refractivity (Wildman–Crippen MR) is 48.0 cm³/mol. The summed E-state index contributed by atoms with van der Waals surface area (Å²) >= 11 is 0. The topological polar surface area (TPSA) is 45.5 Å². The monoisotopic (exact) mass is 184 g/mol. The van der Waals surface area contributed by atoms with Gasteiger partial charge in [0.15, 0.2) is 5.79 Å². The molecule has 0 saturated carbocycles. The number of likely N-dealkylation sites (tertiary alicyclic amines) is 1. The maximum atomic E-state index is 8.35. The van der Waals surface area contributed by atoms with Gasteiger partial charge in [0.1, 0.15) is 0 Å². The van der Waals surface area contributed by atoms with Crippen LogP contribution in [0.3, 0.4) is 0 Å². The summed E-state index contributed by atoms with van der Waals surface area (Å²) in [5.41, 5.74) is 0. The van der Waals surface area contributed by atoms with Crippen LogP contribution < -0.4 is 0 Å². The first kappa shape index (κ1) is 10.5. The highest BCUT2D eigenvalue weighted by molar-refractivity contribution is 4.89. The van der Waals surface area contributed by atoms with Crippen molar-refractivity contribution in [2.45, 2.75) is 18.6 Å². The van der Waals surface area contributed by atoms with E-state index in [2.05, 4.69) is 11.0 Å². The molecule has 0 bridgehead atoms. The van der Waals surface area contributed by atoms with Crippen LogP contribution >= 0.6 is 0 Å². The molecule has 1 heterocycles. The standard InChI is InChI=1S/C9H16N2O2/c1-12-9(13-2)7-11(8-9)6-4-3-5-10/h3-4,6-8H2,1-2H3. The van der Waals surface area contributed by atoms with Crippen molar-refractivity contribution in [1.82, 2.24) is 4.90 Å². The predicted octanol–water partition coefficient (Wildman–Crippen LogP) is 0.595. The Morgan fingerprint density at radius 3 is 2.46 bits per heavy atom. The van der Waals surface area contributed by atoms with E-state index in [-0.39, 0.29) is 5.79 Å². The maximum Gasteiger partial charge on any atom is 0.193 e. The number of unbranched alkanes of at least 4 members (excludes halogenated alkanes) is 1. The lowest BCUT2D eigenvalue weighted by atomic mass is 10.1. The van der Waals surface area contributed by atoms with E-state index in [0.29, 0.717) is 6.42 Å². The number of rotatable bonds is 5. The van der Waals surface area contributed by atoms with E-state index in [1.165, 1.54) is 0 Å². The number of ether oxygens (including phenoxy) is 2. The van der Waals surface area contributed by atoms with Crippen LogP contribution in [0.15, 0.2) is 0 Å². The van der Waals surface area contributed by atoms with Gasteiger partial charge in [-0.1, -0.05) is 0 Å². The summed E-state index contributed by atoms with van der Waals surface area (Å²) in [6.45, 7) is 2.58. The van der Waals surface area contributed by atoms with E-state index in [4.69, 9.17) is 14.7 Å². The molecule has 0 unspecified atom stereocenters. The molecule has 0 amide bonds. The minimum absolute atomic E-state index is 0.382. The van der Waals surface area contributed by atoms with Crippen molar-refractivity contribution in [3.05, 3.63) is 0 Å². The number of methoxy groups -OCH3 is 2. The molecular weight excluding hydrogens is 168 g/mol. The molecule has 0 N–H and O–H groups in total. The molecule has 4 heteroatoms. The molecular formula is C9H16N2O2.